The average molecular weight is 458 g/mol. The lowest BCUT2D eigenvalue weighted by molar-refractivity contribution is 0.415. The van der Waals surface area contributed by atoms with Gasteiger partial charge in [-0.05, 0) is 49.9 Å². The minimum atomic E-state index is 0. The molecule has 0 saturated heterocycles. The standard InChI is InChI=1S/C17H22N4OS.HI/c1-22-13-8-6-12(7-9-13)20-17(18)19-11-10-16-21-14-4-2-3-5-15(14)23-16;/h6-9H,2-5,10-11H2,1H3,(H3,18,19,20);1H. The Labute approximate surface area is 163 Å². The summed E-state index contributed by atoms with van der Waals surface area (Å²) in [5.74, 6) is 1.25. The fourth-order valence-electron chi connectivity index (χ4n) is 2.65. The van der Waals surface area contributed by atoms with E-state index >= 15 is 0 Å². The van der Waals surface area contributed by atoms with Crippen LogP contribution in [0.15, 0.2) is 29.3 Å². The van der Waals surface area contributed by atoms with Crippen molar-refractivity contribution < 1.29 is 4.74 Å². The molecule has 130 valence electrons. The summed E-state index contributed by atoms with van der Waals surface area (Å²) in [6.45, 7) is 0.654. The molecule has 0 spiro atoms. The second kappa shape index (κ2) is 9.22. The minimum absolute atomic E-state index is 0. The molecule has 3 N–H and O–H groups in total. The van der Waals surface area contributed by atoms with Crippen LogP contribution in [0.5, 0.6) is 5.75 Å². The number of halogens is 1. The van der Waals surface area contributed by atoms with Gasteiger partial charge in [0.2, 0.25) is 0 Å². The molecular weight excluding hydrogens is 435 g/mol. The summed E-state index contributed by atoms with van der Waals surface area (Å²) < 4.78 is 5.13. The first-order chi connectivity index (χ1) is 11.2. The summed E-state index contributed by atoms with van der Waals surface area (Å²) in [4.78, 5) is 10.6. The van der Waals surface area contributed by atoms with Crippen LogP contribution >= 0.6 is 35.3 Å². The zero-order chi connectivity index (χ0) is 16.1. The zero-order valence-corrected chi connectivity index (χ0v) is 16.9. The molecule has 24 heavy (non-hydrogen) atoms. The van der Waals surface area contributed by atoms with Gasteiger partial charge in [0, 0.05) is 23.5 Å². The highest BCUT2D eigenvalue weighted by atomic mass is 127. The van der Waals surface area contributed by atoms with Crippen molar-refractivity contribution in [3.63, 3.8) is 0 Å². The van der Waals surface area contributed by atoms with Crippen molar-refractivity contribution in [1.29, 1.82) is 0 Å². The maximum absolute atomic E-state index is 5.93. The Morgan fingerprint density at radius 3 is 2.75 bits per heavy atom. The molecule has 7 heteroatoms. The van der Waals surface area contributed by atoms with E-state index in [-0.39, 0.29) is 24.0 Å². The lowest BCUT2D eigenvalue weighted by Crippen LogP contribution is -2.23. The van der Waals surface area contributed by atoms with Gasteiger partial charge in [0.25, 0.3) is 0 Å². The third-order valence-electron chi connectivity index (χ3n) is 3.86. The average Bonchev–Trinajstić information content (AvgIpc) is 2.98. The van der Waals surface area contributed by atoms with E-state index in [4.69, 9.17) is 15.5 Å². The summed E-state index contributed by atoms with van der Waals surface area (Å²) in [6.07, 6.45) is 5.74. The Morgan fingerprint density at radius 1 is 1.29 bits per heavy atom. The van der Waals surface area contributed by atoms with Crippen molar-refractivity contribution in [2.75, 3.05) is 19.0 Å². The van der Waals surface area contributed by atoms with Crippen molar-refractivity contribution in [1.82, 2.24) is 4.98 Å². The van der Waals surface area contributed by atoms with Crippen LogP contribution in [0, 0.1) is 0 Å². The van der Waals surface area contributed by atoms with E-state index in [0.29, 0.717) is 12.5 Å². The third-order valence-corrected chi connectivity index (χ3v) is 5.08. The van der Waals surface area contributed by atoms with Gasteiger partial charge in [0.05, 0.1) is 17.8 Å². The second-order valence-electron chi connectivity index (χ2n) is 5.56. The van der Waals surface area contributed by atoms with Crippen LogP contribution in [0.25, 0.3) is 0 Å². The van der Waals surface area contributed by atoms with Crippen LogP contribution in [-0.2, 0) is 19.3 Å². The third kappa shape index (κ3) is 5.07. The predicted molar refractivity (Wildman–Crippen MR) is 111 cm³/mol. The molecule has 0 radical (unpaired) electrons. The van der Waals surface area contributed by atoms with E-state index < -0.39 is 0 Å². The number of aromatic nitrogens is 1. The van der Waals surface area contributed by atoms with Gasteiger partial charge in [-0.2, -0.15) is 0 Å². The lowest BCUT2D eigenvalue weighted by atomic mass is 10.0. The van der Waals surface area contributed by atoms with Gasteiger partial charge in [-0.1, -0.05) is 0 Å². The summed E-state index contributed by atoms with van der Waals surface area (Å²) >= 11 is 1.84. The van der Waals surface area contributed by atoms with Crippen LogP contribution in [0.3, 0.4) is 0 Å². The van der Waals surface area contributed by atoms with E-state index in [1.807, 2.05) is 35.6 Å². The molecule has 0 fully saturated rings. The SMILES string of the molecule is COc1ccc(NC(N)=NCCc2nc3c(s2)CCCC3)cc1.I. The molecule has 0 unspecified atom stereocenters. The minimum Gasteiger partial charge on any atom is -0.497 e. The molecule has 1 heterocycles. The smallest absolute Gasteiger partial charge is 0.193 e. The Kier molecular flexibility index (Phi) is 7.29. The number of benzene rings is 1. The number of nitrogens with zero attached hydrogens (tertiary/aromatic N) is 2. The number of hydrogen-bond donors (Lipinski definition) is 2. The number of thiazole rings is 1. The summed E-state index contributed by atoms with van der Waals surface area (Å²) in [5.41, 5.74) is 8.14. The van der Waals surface area contributed by atoms with Crippen molar-refractivity contribution in [3.05, 3.63) is 39.8 Å². The van der Waals surface area contributed by atoms with E-state index in [2.05, 4.69) is 10.3 Å². The molecule has 0 saturated carbocycles. The highest BCUT2D eigenvalue weighted by Gasteiger charge is 2.14. The summed E-state index contributed by atoms with van der Waals surface area (Å²) in [5, 5.41) is 4.26. The summed E-state index contributed by atoms with van der Waals surface area (Å²) in [6, 6.07) is 7.59. The predicted octanol–water partition coefficient (Wildman–Crippen LogP) is 3.62. The fourth-order valence-corrected chi connectivity index (χ4v) is 3.79. The molecule has 0 atom stereocenters. The first-order valence-corrected chi connectivity index (χ1v) is 8.74. The van der Waals surface area contributed by atoms with Crippen LogP contribution in [-0.4, -0.2) is 24.6 Å². The van der Waals surface area contributed by atoms with Crippen molar-refractivity contribution >= 4 is 47.0 Å². The number of aryl methyl sites for hydroxylation is 2. The monoisotopic (exact) mass is 458 g/mol. The second-order valence-corrected chi connectivity index (χ2v) is 6.72. The first-order valence-electron chi connectivity index (χ1n) is 7.93. The van der Waals surface area contributed by atoms with Gasteiger partial charge in [0.1, 0.15) is 5.75 Å². The van der Waals surface area contributed by atoms with E-state index in [0.717, 1.165) is 24.3 Å². The number of hydrogen-bond acceptors (Lipinski definition) is 4. The van der Waals surface area contributed by atoms with Gasteiger partial charge in [-0.15, -0.1) is 35.3 Å². The number of ether oxygens (including phenoxy) is 1. The van der Waals surface area contributed by atoms with Gasteiger partial charge in [-0.3, -0.25) is 4.99 Å². The summed E-state index contributed by atoms with van der Waals surface area (Å²) in [7, 11) is 1.65. The van der Waals surface area contributed by atoms with Crippen LogP contribution in [0.2, 0.25) is 0 Å². The van der Waals surface area contributed by atoms with E-state index in [1.54, 1.807) is 7.11 Å². The van der Waals surface area contributed by atoms with Crippen molar-refractivity contribution in [3.8, 4) is 5.75 Å². The molecule has 1 aliphatic carbocycles. The van der Waals surface area contributed by atoms with Gasteiger partial charge in [-0.25, -0.2) is 4.98 Å². The molecule has 0 aliphatic heterocycles. The van der Waals surface area contributed by atoms with Gasteiger partial charge < -0.3 is 15.8 Å². The van der Waals surface area contributed by atoms with Gasteiger partial charge >= 0.3 is 0 Å². The largest absolute Gasteiger partial charge is 0.497 e. The normalized spacial score (nSPS) is 13.8. The molecule has 1 aromatic heterocycles. The highest BCUT2D eigenvalue weighted by molar-refractivity contribution is 14.0. The highest BCUT2D eigenvalue weighted by Crippen LogP contribution is 2.26. The Bertz CT molecular complexity index is 661. The van der Waals surface area contributed by atoms with Crippen molar-refractivity contribution in [2.24, 2.45) is 10.7 Å². The molecule has 3 rings (SSSR count). The molecule has 0 bridgehead atoms. The molecule has 5 nitrogen and oxygen atoms in total. The Hall–Kier alpha value is -1.35. The van der Waals surface area contributed by atoms with E-state index in [9.17, 15) is 0 Å². The Balaban J connectivity index is 0.00000208. The topological polar surface area (TPSA) is 72.5 Å². The number of methoxy groups -OCH3 is 1. The molecule has 0 amide bonds. The number of nitrogens with one attached hydrogen (secondary N) is 1. The van der Waals surface area contributed by atoms with Crippen LogP contribution in [0.1, 0.15) is 28.4 Å². The maximum atomic E-state index is 5.93. The van der Waals surface area contributed by atoms with Crippen LogP contribution < -0.4 is 15.8 Å². The molecule has 2 aromatic rings. The van der Waals surface area contributed by atoms with Crippen LogP contribution in [0.4, 0.5) is 5.69 Å². The fraction of sp³-hybridized carbons (Fsp3) is 0.412. The van der Waals surface area contributed by atoms with Gasteiger partial charge in [0.15, 0.2) is 5.96 Å². The van der Waals surface area contributed by atoms with Crippen molar-refractivity contribution in [2.45, 2.75) is 32.1 Å². The zero-order valence-electron chi connectivity index (χ0n) is 13.7. The molecule has 1 aromatic carbocycles. The number of rotatable bonds is 5. The first kappa shape index (κ1) is 19.0. The number of nitrogens with two attached hydrogens (primary N) is 1. The quantitative estimate of drug-likeness (QED) is 0.408. The maximum Gasteiger partial charge on any atom is 0.193 e. The Morgan fingerprint density at radius 2 is 2.04 bits per heavy atom. The number of aliphatic imine (C=N–C) groups is 1. The van der Waals surface area contributed by atoms with E-state index in [1.165, 1.54) is 34.8 Å². The lowest BCUT2D eigenvalue weighted by Gasteiger charge is -2.06. The number of guanidine groups is 1. The molecule has 1 aliphatic rings. The number of fused-ring (bicyclic) bond motifs is 1. The molecular formula is C17H23IN4OS. The number of anilines is 1.